The van der Waals surface area contributed by atoms with Gasteiger partial charge in [-0.05, 0) is 235 Å². The minimum absolute atomic E-state index is 0.262. The Morgan fingerprint density at radius 3 is 1.68 bits per heavy atom. The predicted molar refractivity (Wildman–Crippen MR) is 250 cm³/mol. The molecule has 0 radical (unpaired) electrons. The standard InChI is InChI=1S/C57H90N4O/c58-35-36-19-31-51-49(33-36)57(47-18-10-9-17-46(47)53-45-16-8-7-13-40(45)28-30-48(53)57)50-34-44(29-32-52(50)62-51)39-22-26-43(27-23-39)56-60-54(41-14-5-2-6-15-41)59-55(61-56)42-24-20-38(21-25-42)37-11-3-1-4-12-37/h2,5,36-56,59-61H,1,3-4,6-34H2. The Morgan fingerprint density at radius 2 is 0.968 bits per heavy atom. The summed E-state index contributed by atoms with van der Waals surface area (Å²) in [6.45, 7) is 0. The van der Waals surface area contributed by atoms with Gasteiger partial charge in [-0.3, -0.25) is 16.0 Å². The second kappa shape index (κ2) is 18.3. The number of hydrogen-bond donors (Lipinski definition) is 3. The zero-order valence-corrected chi connectivity index (χ0v) is 39.3. The molecule has 12 rings (SSSR count). The molecule has 0 aromatic rings. The van der Waals surface area contributed by atoms with Crippen LogP contribution in [0.15, 0.2) is 12.2 Å². The molecule has 3 N–H and O–H groups in total. The van der Waals surface area contributed by atoms with Crippen molar-refractivity contribution < 1.29 is 4.74 Å². The van der Waals surface area contributed by atoms with E-state index < -0.39 is 0 Å². The van der Waals surface area contributed by atoms with E-state index in [1.54, 1.807) is 0 Å². The second-order valence-electron chi connectivity index (χ2n) is 25.4. The van der Waals surface area contributed by atoms with Crippen LogP contribution in [0.2, 0.25) is 0 Å². The molecule has 17 unspecified atom stereocenters. The summed E-state index contributed by atoms with van der Waals surface area (Å²) in [6, 6.07) is 2.88. The topological polar surface area (TPSA) is 69.1 Å². The van der Waals surface area contributed by atoms with Crippen LogP contribution in [0.4, 0.5) is 0 Å². The summed E-state index contributed by atoms with van der Waals surface area (Å²) in [4.78, 5) is 0. The van der Waals surface area contributed by atoms with Crippen molar-refractivity contribution in [1.82, 2.24) is 16.0 Å². The van der Waals surface area contributed by atoms with E-state index in [9.17, 15) is 5.26 Å². The number of rotatable bonds is 5. The van der Waals surface area contributed by atoms with Gasteiger partial charge in [0.1, 0.15) is 0 Å². The minimum Gasteiger partial charge on any atom is -0.374 e. The molecule has 344 valence electrons. The van der Waals surface area contributed by atoms with Gasteiger partial charge in [-0.25, -0.2) is 0 Å². The van der Waals surface area contributed by atoms with Crippen LogP contribution in [0.1, 0.15) is 205 Å². The third-order valence-electron chi connectivity index (χ3n) is 23.2. The Balaban J connectivity index is 0.763. The first-order chi connectivity index (χ1) is 30.7. The largest absolute Gasteiger partial charge is 0.374 e. The van der Waals surface area contributed by atoms with E-state index in [1.807, 2.05) is 0 Å². The highest BCUT2D eigenvalue weighted by Crippen LogP contribution is 2.76. The molecule has 1 spiro atoms. The van der Waals surface area contributed by atoms with Crippen LogP contribution in [-0.4, -0.2) is 30.7 Å². The Labute approximate surface area is 379 Å². The first-order valence-corrected chi connectivity index (χ1v) is 28.6. The quantitative estimate of drug-likeness (QED) is 0.241. The van der Waals surface area contributed by atoms with Crippen molar-refractivity contribution >= 4 is 0 Å². The minimum atomic E-state index is 0.262. The molecule has 2 aliphatic heterocycles. The molecule has 0 aromatic carbocycles. The number of fused-ring (bicyclic) bond motifs is 11. The van der Waals surface area contributed by atoms with Gasteiger partial charge in [0.15, 0.2) is 0 Å². The van der Waals surface area contributed by atoms with Crippen LogP contribution < -0.4 is 16.0 Å². The van der Waals surface area contributed by atoms with Crippen molar-refractivity contribution in [3.05, 3.63) is 12.2 Å². The van der Waals surface area contributed by atoms with Gasteiger partial charge >= 0.3 is 0 Å². The maximum absolute atomic E-state index is 10.5. The van der Waals surface area contributed by atoms with Crippen molar-refractivity contribution in [2.24, 2.45) is 100 Å². The van der Waals surface area contributed by atoms with E-state index in [-0.39, 0.29) is 5.92 Å². The fourth-order valence-electron chi connectivity index (χ4n) is 20.7. The van der Waals surface area contributed by atoms with Gasteiger partial charge in [-0.2, -0.15) is 5.26 Å². The summed E-state index contributed by atoms with van der Waals surface area (Å²) in [5.41, 5.74) is 0.452. The molecule has 12 aliphatic rings. The molecule has 0 amide bonds. The molecule has 10 aliphatic carbocycles. The molecule has 2 heterocycles. The number of nitrogens with zero attached hydrogens (tertiary/aromatic N) is 1. The lowest BCUT2D eigenvalue weighted by atomic mass is 9.44. The SMILES string of the molecule is N#CC1CCC2OC3CCC(C4CCC(C5NC(C6CC=CCC6)NC(C6CCC(C7CCCCC7)CC6)N5)CC4)CC3C3(C2C1)C1CCCCC1C1C2CCCCC2CCC13. The van der Waals surface area contributed by atoms with Crippen LogP contribution in [0, 0.1) is 111 Å². The third-order valence-corrected chi connectivity index (χ3v) is 23.2. The number of hydrogen-bond acceptors (Lipinski definition) is 5. The normalized spacial score (nSPS) is 53.3. The van der Waals surface area contributed by atoms with Crippen LogP contribution >= 0.6 is 0 Å². The van der Waals surface area contributed by atoms with Gasteiger partial charge in [0.2, 0.25) is 0 Å². The number of allylic oxidation sites excluding steroid dienone is 2. The summed E-state index contributed by atoms with van der Waals surface area (Å²) in [5, 5.41) is 23.4. The lowest BCUT2D eigenvalue weighted by Crippen LogP contribution is -2.72. The monoisotopic (exact) mass is 847 g/mol. The molecular formula is C57H90N4O. The van der Waals surface area contributed by atoms with E-state index in [1.165, 1.54) is 193 Å². The highest BCUT2D eigenvalue weighted by molar-refractivity contribution is 5.20. The average molecular weight is 847 g/mol. The van der Waals surface area contributed by atoms with Crippen molar-refractivity contribution in [3.63, 3.8) is 0 Å². The molecule has 62 heavy (non-hydrogen) atoms. The highest BCUT2D eigenvalue weighted by atomic mass is 16.5. The molecule has 0 aromatic heterocycles. The molecule has 17 atom stereocenters. The summed E-state index contributed by atoms with van der Waals surface area (Å²) in [6.07, 6.45) is 52.9. The smallest absolute Gasteiger partial charge is 0.0655 e. The van der Waals surface area contributed by atoms with Gasteiger partial charge < -0.3 is 4.74 Å². The fraction of sp³-hybridized carbons (Fsp3) is 0.947. The summed E-state index contributed by atoms with van der Waals surface area (Å²) in [5.74, 6) is 13.6. The summed E-state index contributed by atoms with van der Waals surface area (Å²) < 4.78 is 7.49. The molecule has 2 saturated heterocycles. The summed E-state index contributed by atoms with van der Waals surface area (Å²) >= 11 is 0. The number of nitrogens with one attached hydrogen (secondary N) is 3. The Bertz CT molecular complexity index is 1580. The first kappa shape index (κ1) is 42.4. The second-order valence-corrected chi connectivity index (χ2v) is 25.4. The fourth-order valence-corrected chi connectivity index (χ4v) is 20.7. The Morgan fingerprint density at radius 1 is 0.419 bits per heavy atom. The molecule has 5 heteroatoms. The van der Waals surface area contributed by atoms with E-state index in [0.717, 1.165) is 95.7 Å². The number of nitriles is 1. The maximum atomic E-state index is 10.5. The van der Waals surface area contributed by atoms with Crippen LogP contribution in [0.5, 0.6) is 0 Å². The van der Waals surface area contributed by atoms with Gasteiger partial charge in [0.25, 0.3) is 0 Å². The van der Waals surface area contributed by atoms with Crippen LogP contribution in [-0.2, 0) is 4.74 Å². The molecule has 11 fully saturated rings. The zero-order valence-electron chi connectivity index (χ0n) is 39.3. The van der Waals surface area contributed by atoms with Crippen molar-refractivity contribution in [1.29, 1.82) is 5.26 Å². The van der Waals surface area contributed by atoms with Crippen molar-refractivity contribution in [2.45, 2.75) is 236 Å². The molecule has 0 bridgehead atoms. The van der Waals surface area contributed by atoms with E-state index in [0.29, 0.717) is 42.0 Å². The first-order valence-electron chi connectivity index (χ1n) is 28.6. The molecule has 9 saturated carbocycles. The Hall–Kier alpha value is -0.930. The predicted octanol–water partition coefficient (Wildman–Crippen LogP) is 13.1. The Kier molecular flexibility index (Phi) is 12.5. The van der Waals surface area contributed by atoms with Crippen molar-refractivity contribution in [2.75, 3.05) is 0 Å². The van der Waals surface area contributed by atoms with Gasteiger partial charge in [-0.15, -0.1) is 0 Å². The highest BCUT2D eigenvalue weighted by Gasteiger charge is 2.72. The van der Waals surface area contributed by atoms with E-state index in [2.05, 4.69) is 34.2 Å². The average Bonchev–Trinajstić information content (AvgIpc) is 3.65. The van der Waals surface area contributed by atoms with Gasteiger partial charge in [0, 0.05) is 5.92 Å². The lowest BCUT2D eigenvalue weighted by Gasteiger charge is -2.65. The van der Waals surface area contributed by atoms with Crippen molar-refractivity contribution in [3.8, 4) is 6.07 Å². The van der Waals surface area contributed by atoms with Gasteiger partial charge in [-0.1, -0.05) is 76.4 Å². The maximum Gasteiger partial charge on any atom is 0.0655 e. The molecule has 5 nitrogen and oxygen atoms in total. The van der Waals surface area contributed by atoms with Crippen LogP contribution in [0.25, 0.3) is 0 Å². The van der Waals surface area contributed by atoms with E-state index >= 15 is 0 Å². The zero-order chi connectivity index (χ0) is 41.2. The lowest BCUT2D eigenvalue weighted by molar-refractivity contribution is -0.252. The number of ether oxygens (including phenoxy) is 1. The van der Waals surface area contributed by atoms with E-state index in [4.69, 9.17) is 4.74 Å². The third kappa shape index (κ3) is 7.58. The van der Waals surface area contributed by atoms with Crippen LogP contribution in [0.3, 0.4) is 0 Å². The van der Waals surface area contributed by atoms with Gasteiger partial charge in [0.05, 0.1) is 36.8 Å². The summed E-state index contributed by atoms with van der Waals surface area (Å²) in [7, 11) is 0. The molecular weight excluding hydrogens is 757 g/mol.